The van der Waals surface area contributed by atoms with Gasteiger partial charge in [-0.3, -0.25) is 0 Å². The maximum Gasteiger partial charge on any atom is 0.0881 e. The molecule has 1 heterocycles. The van der Waals surface area contributed by atoms with E-state index in [9.17, 15) is 0 Å². The van der Waals surface area contributed by atoms with Gasteiger partial charge in [0.2, 0.25) is 0 Å². The van der Waals surface area contributed by atoms with Crippen LogP contribution in [0.1, 0.15) is 34.7 Å². The number of fused-ring (bicyclic) bond motifs is 6. The van der Waals surface area contributed by atoms with Crippen molar-refractivity contribution in [2.24, 2.45) is 4.99 Å². The van der Waals surface area contributed by atoms with Gasteiger partial charge in [-0.2, -0.15) is 0 Å². The van der Waals surface area contributed by atoms with Crippen LogP contribution in [0.25, 0.3) is 32.9 Å². The molecule has 0 aliphatic heterocycles. The van der Waals surface area contributed by atoms with Crippen LogP contribution in [-0.2, 0) is 6.42 Å². The summed E-state index contributed by atoms with van der Waals surface area (Å²) >= 11 is 0. The van der Waals surface area contributed by atoms with Crippen molar-refractivity contribution < 1.29 is 0 Å². The molecule has 6 rings (SSSR count). The second-order valence-electron chi connectivity index (χ2n) is 8.62. The minimum absolute atomic E-state index is 1.00. The first-order valence-corrected chi connectivity index (χ1v) is 11.0. The van der Waals surface area contributed by atoms with Crippen LogP contribution in [0.3, 0.4) is 0 Å². The van der Waals surface area contributed by atoms with Crippen molar-refractivity contribution in [3.63, 3.8) is 0 Å². The third-order valence-electron chi connectivity index (χ3n) is 6.44. The van der Waals surface area contributed by atoms with Gasteiger partial charge in [0.15, 0.2) is 0 Å². The van der Waals surface area contributed by atoms with Crippen molar-refractivity contribution in [2.45, 2.75) is 27.2 Å². The van der Waals surface area contributed by atoms with E-state index >= 15 is 0 Å². The standard InChI is InChI=1S/C29H24N2/c1-4-19-10-11-22-23(16-19)20-7-5-6-8-21(20)28(22)31-27-15-18(3)14-25-24-13-17(2)9-12-26(24)30-29(25)27/h5-16,30H,4H2,1-3H3. The second-order valence-corrected chi connectivity index (χ2v) is 8.62. The Morgan fingerprint density at radius 3 is 2.32 bits per heavy atom. The zero-order valence-electron chi connectivity index (χ0n) is 18.1. The number of hydrogen-bond donors (Lipinski definition) is 1. The van der Waals surface area contributed by atoms with Crippen LogP contribution >= 0.6 is 0 Å². The van der Waals surface area contributed by atoms with Crippen LogP contribution in [0.15, 0.2) is 77.8 Å². The topological polar surface area (TPSA) is 28.1 Å². The summed E-state index contributed by atoms with van der Waals surface area (Å²) in [5.41, 5.74) is 13.2. The van der Waals surface area contributed by atoms with Gasteiger partial charge in [0, 0.05) is 27.4 Å². The Kier molecular flexibility index (Phi) is 3.91. The predicted molar refractivity (Wildman–Crippen MR) is 132 cm³/mol. The molecular weight excluding hydrogens is 376 g/mol. The first kappa shape index (κ1) is 18.1. The molecule has 0 spiro atoms. The van der Waals surface area contributed by atoms with Crippen molar-refractivity contribution in [1.29, 1.82) is 0 Å². The fourth-order valence-electron chi connectivity index (χ4n) is 4.87. The third kappa shape index (κ3) is 2.75. The lowest BCUT2D eigenvalue weighted by Gasteiger charge is -2.06. The minimum Gasteiger partial charge on any atom is -0.353 e. The van der Waals surface area contributed by atoms with Gasteiger partial charge in [-0.05, 0) is 66.8 Å². The van der Waals surface area contributed by atoms with E-state index in [1.165, 1.54) is 49.7 Å². The molecule has 0 amide bonds. The lowest BCUT2D eigenvalue weighted by molar-refractivity contribution is 1.14. The van der Waals surface area contributed by atoms with Crippen molar-refractivity contribution >= 4 is 33.2 Å². The number of H-pyrrole nitrogens is 1. The molecule has 0 radical (unpaired) electrons. The monoisotopic (exact) mass is 400 g/mol. The highest BCUT2D eigenvalue weighted by Crippen LogP contribution is 2.40. The summed E-state index contributed by atoms with van der Waals surface area (Å²) in [6, 6.07) is 26.5. The Labute approximate surface area is 182 Å². The largest absolute Gasteiger partial charge is 0.353 e. The molecule has 0 fully saturated rings. The normalized spacial score (nSPS) is 13.8. The molecule has 0 bridgehead atoms. The Morgan fingerprint density at radius 1 is 0.710 bits per heavy atom. The molecule has 2 heteroatoms. The van der Waals surface area contributed by atoms with Crippen LogP contribution < -0.4 is 0 Å². The van der Waals surface area contributed by atoms with E-state index in [4.69, 9.17) is 4.99 Å². The molecule has 0 saturated heterocycles. The van der Waals surface area contributed by atoms with Gasteiger partial charge in [-0.1, -0.05) is 61.0 Å². The molecule has 0 atom stereocenters. The Morgan fingerprint density at radius 2 is 1.48 bits per heavy atom. The summed E-state index contributed by atoms with van der Waals surface area (Å²) in [4.78, 5) is 8.92. The van der Waals surface area contributed by atoms with Gasteiger partial charge in [-0.25, -0.2) is 4.99 Å². The van der Waals surface area contributed by atoms with Crippen LogP contribution in [0.4, 0.5) is 5.69 Å². The number of nitrogens with one attached hydrogen (secondary N) is 1. The van der Waals surface area contributed by atoms with E-state index in [0.717, 1.165) is 28.9 Å². The molecule has 4 aromatic carbocycles. The zero-order chi connectivity index (χ0) is 21.1. The van der Waals surface area contributed by atoms with Gasteiger partial charge in [-0.15, -0.1) is 0 Å². The molecule has 150 valence electrons. The van der Waals surface area contributed by atoms with Crippen LogP contribution in [0.2, 0.25) is 0 Å². The smallest absolute Gasteiger partial charge is 0.0881 e. The molecule has 5 aromatic rings. The van der Waals surface area contributed by atoms with E-state index in [2.05, 4.69) is 98.6 Å². The first-order valence-electron chi connectivity index (χ1n) is 11.0. The fourth-order valence-corrected chi connectivity index (χ4v) is 4.87. The van der Waals surface area contributed by atoms with Crippen molar-refractivity contribution in [3.05, 3.63) is 101 Å². The Balaban J connectivity index is 1.65. The third-order valence-corrected chi connectivity index (χ3v) is 6.44. The summed E-state index contributed by atoms with van der Waals surface area (Å²) in [6.07, 6.45) is 1.04. The van der Waals surface area contributed by atoms with Gasteiger partial charge in [0.1, 0.15) is 0 Å². The maximum atomic E-state index is 5.29. The summed E-state index contributed by atoms with van der Waals surface area (Å²) in [6.45, 7) is 6.51. The molecular formula is C29H24N2. The highest BCUT2D eigenvalue weighted by atomic mass is 14.8. The quantitative estimate of drug-likeness (QED) is 0.309. The van der Waals surface area contributed by atoms with Crippen LogP contribution in [0, 0.1) is 13.8 Å². The average Bonchev–Trinajstić information content (AvgIpc) is 3.29. The number of aliphatic imine (C=N–C) groups is 1. The summed E-state index contributed by atoms with van der Waals surface area (Å²) in [5.74, 6) is 0. The number of aromatic nitrogens is 1. The van der Waals surface area contributed by atoms with Gasteiger partial charge in [0.25, 0.3) is 0 Å². The minimum atomic E-state index is 1.00. The highest BCUT2D eigenvalue weighted by molar-refractivity contribution is 6.26. The molecule has 1 aliphatic rings. The lowest BCUT2D eigenvalue weighted by Crippen LogP contribution is -1.98. The second kappa shape index (κ2) is 6.68. The first-order chi connectivity index (χ1) is 15.1. The molecule has 1 aliphatic carbocycles. The van der Waals surface area contributed by atoms with E-state index in [-0.39, 0.29) is 0 Å². The Bertz CT molecular complexity index is 1530. The SMILES string of the molecule is CCc1ccc2c(c1)-c1ccccc1C2=Nc1cc(C)cc2c1[nH]c1ccc(C)cc12. The van der Waals surface area contributed by atoms with Gasteiger partial charge < -0.3 is 4.98 Å². The van der Waals surface area contributed by atoms with E-state index < -0.39 is 0 Å². The van der Waals surface area contributed by atoms with Crippen molar-refractivity contribution in [1.82, 2.24) is 4.98 Å². The van der Waals surface area contributed by atoms with Crippen LogP contribution in [-0.4, -0.2) is 10.7 Å². The zero-order valence-corrected chi connectivity index (χ0v) is 18.1. The molecule has 1 aromatic heterocycles. The summed E-state index contributed by atoms with van der Waals surface area (Å²) in [5, 5.41) is 2.51. The van der Waals surface area contributed by atoms with E-state index in [1.807, 2.05) is 0 Å². The Hall–Kier alpha value is -3.65. The van der Waals surface area contributed by atoms with Crippen LogP contribution in [0.5, 0.6) is 0 Å². The number of aromatic amines is 1. The maximum absolute atomic E-state index is 5.29. The average molecular weight is 401 g/mol. The predicted octanol–water partition coefficient (Wildman–Crippen LogP) is 7.65. The highest BCUT2D eigenvalue weighted by Gasteiger charge is 2.25. The molecule has 31 heavy (non-hydrogen) atoms. The van der Waals surface area contributed by atoms with E-state index in [0.29, 0.717) is 0 Å². The lowest BCUT2D eigenvalue weighted by atomic mass is 10.0. The number of benzene rings is 4. The number of nitrogens with zero attached hydrogens (tertiary/aromatic N) is 1. The van der Waals surface area contributed by atoms with E-state index in [1.54, 1.807) is 0 Å². The van der Waals surface area contributed by atoms with Crippen molar-refractivity contribution in [2.75, 3.05) is 0 Å². The van der Waals surface area contributed by atoms with Gasteiger partial charge >= 0.3 is 0 Å². The fraction of sp³-hybridized carbons (Fsp3) is 0.138. The van der Waals surface area contributed by atoms with Gasteiger partial charge in [0.05, 0.1) is 16.9 Å². The number of rotatable bonds is 2. The summed E-state index contributed by atoms with van der Waals surface area (Å²) < 4.78 is 0. The number of aryl methyl sites for hydroxylation is 3. The molecule has 2 nitrogen and oxygen atoms in total. The summed E-state index contributed by atoms with van der Waals surface area (Å²) in [7, 11) is 0. The number of hydrogen-bond acceptors (Lipinski definition) is 1. The molecule has 0 saturated carbocycles. The molecule has 1 N–H and O–H groups in total. The van der Waals surface area contributed by atoms with Crippen molar-refractivity contribution in [3.8, 4) is 11.1 Å². The molecule has 0 unspecified atom stereocenters.